The summed E-state index contributed by atoms with van der Waals surface area (Å²) < 4.78 is 5.57. The maximum atomic E-state index is 14.2. The standard InChI is InChI=1S/C35H48N2O2/c1-5-37-26(4)22-25(3)28-12-14-29(15-13-28)34(33(38)23-27-17-19-39-20-18-27)32-21-24(2)11-16-31(32)35(36)30-9-7-6-8-10-30/h5,11-16,21,25-27,30,34,36H,6-10,17-20,22-23H2,1-4H3. The number of ether oxygens (including phenoxy) is 1. The largest absolute Gasteiger partial charge is 0.381 e. The lowest BCUT2D eigenvalue weighted by atomic mass is 9.76. The highest BCUT2D eigenvalue weighted by Crippen LogP contribution is 2.36. The first-order valence-corrected chi connectivity index (χ1v) is 15.2. The molecule has 3 atom stereocenters. The molecular weight excluding hydrogens is 480 g/mol. The van der Waals surface area contributed by atoms with E-state index in [-0.39, 0.29) is 11.7 Å². The zero-order valence-corrected chi connectivity index (χ0v) is 24.5. The molecule has 4 nitrogen and oxygen atoms in total. The minimum Gasteiger partial charge on any atom is -0.381 e. The van der Waals surface area contributed by atoms with Crippen molar-refractivity contribution < 1.29 is 9.53 Å². The van der Waals surface area contributed by atoms with Crippen LogP contribution in [0.2, 0.25) is 0 Å². The topological polar surface area (TPSA) is 62.5 Å². The number of Topliss-reactive ketones (excluding diaryl/α,β-unsaturated/α-hetero) is 1. The van der Waals surface area contributed by atoms with E-state index in [4.69, 9.17) is 4.74 Å². The predicted octanol–water partition coefficient (Wildman–Crippen LogP) is 8.43. The number of nitrogens with zero attached hydrogens (tertiary/aromatic N) is 1. The highest BCUT2D eigenvalue weighted by Gasteiger charge is 2.31. The summed E-state index contributed by atoms with van der Waals surface area (Å²) in [4.78, 5) is 18.7. The van der Waals surface area contributed by atoms with Crippen LogP contribution in [-0.2, 0) is 9.53 Å². The molecule has 2 aliphatic rings. The first kappa shape index (κ1) is 29.4. The molecule has 2 fully saturated rings. The van der Waals surface area contributed by atoms with Gasteiger partial charge in [0.05, 0.1) is 5.92 Å². The van der Waals surface area contributed by atoms with Gasteiger partial charge in [-0.2, -0.15) is 0 Å². The van der Waals surface area contributed by atoms with Gasteiger partial charge in [0.25, 0.3) is 0 Å². The molecular formula is C35H48N2O2. The fourth-order valence-corrected chi connectivity index (χ4v) is 6.65. The van der Waals surface area contributed by atoms with Crippen molar-refractivity contribution in [2.45, 2.75) is 103 Å². The lowest BCUT2D eigenvalue weighted by Gasteiger charge is -2.28. The van der Waals surface area contributed by atoms with Gasteiger partial charge in [0.15, 0.2) is 0 Å². The first-order chi connectivity index (χ1) is 18.9. The number of carbonyl (C=O) groups is 1. The predicted molar refractivity (Wildman–Crippen MR) is 163 cm³/mol. The van der Waals surface area contributed by atoms with Gasteiger partial charge in [-0.3, -0.25) is 9.79 Å². The fourth-order valence-electron chi connectivity index (χ4n) is 6.65. The number of nitrogens with one attached hydrogen (secondary N) is 1. The average Bonchev–Trinajstić information content (AvgIpc) is 2.94. The Balaban J connectivity index is 1.68. The SMILES string of the molecule is CC=NC(C)CC(C)c1ccc(C(C(=O)CC2CCOCC2)c2cc(C)ccc2C(=N)C2CCCCC2)cc1. The van der Waals surface area contributed by atoms with Crippen molar-refractivity contribution in [1.82, 2.24) is 0 Å². The molecule has 1 N–H and O–H groups in total. The van der Waals surface area contributed by atoms with Crippen molar-refractivity contribution in [2.24, 2.45) is 16.8 Å². The molecule has 0 bridgehead atoms. The molecule has 4 heteroatoms. The number of aliphatic imine (C=N–C) groups is 1. The second-order valence-corrected chi connectivity index (χ2v) is 12.1. The molecule has 2 aromatic carbocycles. The van der Waals surface area contributed by atoms with Gasteiger partial charge in [-0.25, -0.2) is 0 Å². The summed E-state index contributed by atoms with van der Waals surface area (Å²) in [5.74, 6) is 0.988. The van der Waals surface area contributed by atoms with Crippen LogP contribution < -0.4 is 0 Å². The number of ketones is 1. The molecule has 1 saturated carbocycles. The van der Waals surface area contributed by atoms with Gasteiger partial charge < -0.3 is 10.1 Å². The smallest absolute Gasteiger partial charge is 0.145 e. The normalized spacial score (nSPS) is 19.6. The molecule has 0 aromatic heterocycles. The molecule has 0 amide bonds. The Morgan fingerprint density at radius 1 is 1.00 bits per heavy atom. The quantitative estimate of drug-likeness (QED) is 0.297. The summed E-state index contributed by atoms with van der Waals surface area (Å²) in [5.41, 5.74) is 6.20. The Morgan fingerprint density at radius 2 is 1.67 bits per heavy atom. The summed E-state index contributed by atoms with van der Waals surface area (Å²) in [7, 11) is 0. The number of benzene rings is 2. The van der Waals surface area contributed by atoms with Crippen molar-refractivity contribution in [3.8, 4) is 0 Å². The summed E-state index contributed by atoms with van der Waals surface area (Å²) in [6.45, 7) is 9.99. The number of carbonyl (C=O) groups excluding carboxylic acids is 1. The van der Waals surface area contributed by atoms with Crippen LogP contribution in [0.1, 0.15) is 118 Å². The van der Waals surface area contributed by atoms with E-state index in [1.54, 1.807) is 0 Å². The van der Waals surface area contributed by atoms with E-state index in [0.29, 0.717) is 30.2 Å². The zero-order valence-electron chi connectivity index (χ0n) is 24.5. The van der Waals surface area contributed by atoms with Crippen molar-refractivity contribution in [3.63, 3.8) is 0 Å². The van der Waals surface area contributed by atoms with Gasteiger partial charge in [0.1, 0.15) is 5.78 Å². The molecule has 1 heterocycles. The summed E-state index contributed by atoms with van der Waals surface area (Å²) in [6.07, 6.45) is 11.2. The Bertz CT molecular complexity index is 1120. The molecule has 1 saturated heterocycles. The van der Waals surface area contributed by atoms with Gasteiger partial charge in [-0.1, -0.05) is 74.2 Å². The van der Waals surface area contributed by atoms with E-state index >= 15 is 0 Å². The highest BCUT2D eigenvalue weighted by molar-refractivity contribution is 6.03. The molecule has 39 heavy (non-hydrogen) atoms. The Kier molecular flexibility index (Phi) is 10.7. The van der Waals surface area contributed by atoms with E-state index in [2.05, 4.69) is 68.2 Å². The third-order valence-electron chi connectivity index (χ3n) is 8.91. The van der Waals surface area contributed by atoms with E-state index < -0.39 is 0 Å². The van der Waals surface area contributed by atoms with Crippen molar-refractivity contribution >= 4 is 17.7 Å². The molecule has 0 radical (unpaired) electrons. The van der Waals surface area contributed by atoms with E-state index in [1.807, 2.05) is 13.1 Å². The second kappa shape index (κ2) is 14.2. The molecule has 3 unspecified atom stereocenters. The van der Waals surface area contributed by atoms with Gasteiger partial charge >= 0.3 is 0 Å². The summed E-state index contributed by atoms with van der Waals surface area (Å²) in [6, 6.07) is 15.5. The van der Waals surface area contributed by atoms with Crippen LogP contribution in [0.15, 0.2) is 47.5 Å². The molecule has 4 rings (SSSR count). The Morgan fingerprint density at radius 3 is 2.33 bits per heavy atom. The highest BCUT2D eigenvalue weighted by atomic mass is 16.5. The third-order valence-corrected chi connectivity index (χ3v) is 8.91. The van der Waals surface area contributed by atoms with E-state index in [0.717, 1.165) is 73.3 Å². The van der Waals surface area contributed by atoms with Crippen LogP contribution in [0.3, 0.4) is 0 Å². The molecule has 1 aliphatic carbocycles. The van der Waals surface area contributed by atoms with Crippen molar-refractivity contribution in [3.05, 3.63) is 70.3 Å². The third kappa shape index (κ3) is 7.75. The maximum Gasteiger partial charge on any atom is 0.145 e. The molecule has 2 aromatic rings. The van der Waals surface area contributed by atoms with E-state index in [9.17, 15) is 10.2 Å². The van der Waals surface area contributed by atoms with Crippen LogP contribution in [0.25, 0.3) is 0 Å². The van der Waals surface area contributed by atoms with Gasteiger partial charge in [0.2, 0.25) is 0 Å². The van der Waals surface area contributed by atoms with Crippen LogP contribution in [0.5, 0.6) is 0 Å². The number of aryl methyl sites for hydroxylation is 1. The Hall–Kier alpha value is -2.59. The van der Waals surface area contributed by atoms with Crippen LogP contribution >= 0.6 is 0 Å². The monoisotopic (exact) mass is 528 g/mol. The number of hydrogen-bond acceptors (Lipinski definition) is 4. The van der Waals surface area contributed by atoms with Gasteiger partial charge in [-0.05, 0) is 93.2 Å². The van der Waals surface area contributed by atoms with Gasteiger partial charge in [0, 0.05) is 37.3 Å². The van der Waals surface area contributed by atoms with Crippen molar-refractivity contribution in [2.75, 3.05) is 13.2 Å². The zero-order chi connectivity index (χ0) is 27.8. The number of hydrogen-bond donors (Lipinski definition) is 1. The lowest BCUT2D eigenvalue weighted by molar-refractivity contribution is -0.121. The molecule has 1 aliphatic heterocycles. The average molecular weight is 529 g/mol. The van der Waals surface area contributed by atoms with E-state index in [1.165, 1.54) is 24.8 Å². The first-order valence-electron chi connectivity index (χ1n) is 15.2. The minimum absolute atomic E-state index is 0.275. The second-order valence-electron chi connectivity index (χ2n) is 12.1. The molecule has 0 spiro atoms. The Labute approximate surface area is 236 Å². The van der Waals surface area contributed by atoms with Crippen LogP contribution in [0.4, 0.5) is 0 Å². The number of rotatable bonds is 11. The lowest BCUT2D eigenvalue weighted by Crippen LogP contribution is -2.25. The summed E-state index contributed by atoms with van der Waals surface area (Å²) >= 11 is 0. The van der Waals surface area contributed by atoms with Gasteiger partial charge in [-0.15, -0.1) is 0 Å². The van der Waals surface area contributed by atoms with Crippen LogP contribution in [-0.4, -0.2) is 37.0 Å². The maximum absolute atomic E-state index is 14.2. The molecule has 210 valence electrons. The minimum atomic E-state index is -0.348. The fraction of sp³-hybridized carbons (Fsp3) is 0.571. The van der Waals surface area contributed by atoms with Crippen LogP contribution in [0, 0.1) is 24.2 Å². The van der Waals surface area contributed by atoms with Crippen molar-refractivity contribution in [1.29, 1.82) is 5.41 Å². The summed E-state index contributed by atoms with van der Waals surface area (Å²) in [5, 5.41) is 9.24.